The summed E-state index contributed by atoms with van der Waals surface area (Å²) in [5.41, 5.74) is 2.39. The van der Waals surface area contributed by atoms with Gasteiger partial charge < -0.3 is 25.0 Å². The van der Waals surface area contributed by atoms with E-state index in [9.17, 15) is 19.5 Å². The highest BCUT2D eigenvalue weighted by molar-refractivity contribution is 6.34. The monoisotopic (exact) mass is 471 g/mol. The standard InChI is InChI=1S/C24H26ClN3O5/c1-14(2)22(29)26-13-15-4-6-19(25)18(10-15)23(30)27-17-5-7-20-16(11-17)12-21(24(31)32)28(20)8-9-33-3/h4-7,10-12,14H,8-9,13H2,1-3H3,(H,26,29)(H,27,30)(H,31,32). The first-order chi connectivity index (χ1) is 15.7. The number of carboxylic acids is 1. The molecule has 0 aliphatic rings. The molecule has 0 spiro atoms. The summed E-state index contributed by atoms with van der Waals surface area (Å²) in [5.74, 6) is -1.67. The molecule has 8 nitrogen and oxygen atoms in total. The number of amides is 2. The molecule has 3 rings (SSSR count). The van der Waals surface area contributed by atoms with Crippen LogP contribution in [0.3, 0.4) is 0 Å². The van der Waals surface area contributed by atoms with Gasteiger partial charge in [0.05, 0.1) is 17.2 Å². The van der Waals surface area contributed by atoms with Gasteiger partial charge in [0.2, 0.25) is 5.91 Å². The Hall–Kier alpha value is -3.36. The minimum Gasteiger partial charge on any atom is -0.477 e. The Morgan fingerprint density at radius 1 is 1.12 bits per heavy atom. The number of hydrogen-bond acceptors (Lipinski definition) is 4. The topological polar surface area (TPSA) is 110 Å². The molecule has 0 fully saturated rings. The summed E-state index contributed by atoms with van der Waals surface area (Å²) in [4.78, 5) is 36.3. The van der Waals surface area contributed by atoms with Crippen molar-refractivity contribution in [3.05, 3.63) is 64.3 Å². The normalized spacial score (nSPS) is 11.1. The van der Waals surface area contributed by atoms with E-state index < -0.39 is 11.9 Å². The second-order valence-electron chi connectivity index (χ2n) is 7.89. The van der Waals surface area contributed by atoms with Gasteiger partial charge in [-0.15, -0.1) is 0 Å². The number of nitrogens with one attached hydrogen (secondary N) is 2. The van der Waals surface area contributed by atoms with E-state index in [1.165, 1.54) is 0 Å². The fourth-order valence-corrected chi connectivity index (χ4v) is 3.60. The molecule has 0 saturated carbocycles. The lowest BCUT2D eigenvalue weighted by molar-refractivity contribution is -0.124. The average molecular weight is 472 g/mol. The van der Waals surface area contributed by atoms with Crippen molar-refractivity contribution in [2.75, 3.05) is 19.0 Å². The first-order valence-corrected chi connectivity index (χ1v) is 10.8. The molecule has 1 aromatic heterocycles. The summed E-state index contributed by atoms with van der Waals surface area (Å²) in [7, 11) is 1.55. The number of ether oxygens (including phenoxy) is 1. The van der Waals surface area contributed by atoms with Gasteiger partial charge in [0.1, 0.15) is 5.69 Å². The molecule has 0 aliphatic carbocycles. The minimum atomic E-state index is -1.04. The Labute approximate surface area is 196 Å². The molecule has 0 aliphatic heterocycles. The van der Waals surface area contributed by atoms with Crippen LogP contribution in [0.15, 0.2) is 42.5 Å². The summed E-state index contributed by atoms with van der Waals surface area (Å²) in [6.45, 7) is 4.65. The molecule has 3 N–H and O–H groups in total. The highest BCUT2D eigenvalue weighted by Crippen LogP contribution is 2.25. The first-order valence-electron chi connectivity index (χ1n) is 10.4. The number of hydrogen-bond donors (Lipinski definition) is 3. The van der Waals surface area contributed by atoms with Gasteiger partial charge in [-0.05, 0) is 42.0 Å². The summed E-state index contributed by atoms with van der Waals surface area (Å²) in [6.07, 6.45) is 0. The van der Waals surface area contributed by atoms with Crippen LogP contribution < -0.4 is 10.6 Å². The second kappa shape index (κ2) is 10.5. The molecule has 0 bridgehead atoms. The predicted molar refractivity (Wildman–Crippen MR) is 127 cm³/mol. The van der Waals surface area contributed by atoms with Gasteiger partial charge in [0.25, 0.3) is 5.91 Å². The third-order valence-corrected chi connectivity index (χ3v) is 5.49. The van der Waals surface area contributed by atoms with Gasteiger partial charge in [-0.2, -0.15) is 0 Å². The Bertz CT molecular complexity index is 1200. The van der Waals surface area contributed by atoms with E-state index in [4.69, 9.17) is 16.3 Å². The maximum Gasteiger partial charge on any atom is 0.352 e. The second-order valence-corrected chi connectivity index (χ2v) is 8.30. The van der Waals surface area contributed by atoms with E-state index in [2.05, 4.69) is 10.6 Å². The summed E-state index contributed by atoms with van der Waals surface area (Å²) in [5, 5.41) is 16.1. The molecule has 3 aromatic rings. The number of carboxylic acid groups (broad SMARTS) is 1. The van der Waals surface area contributed by atoms with Crippen molar-refractivity contribution in [1.29, 1.82) is 0 Å². The number of aromatic carboxylic acids is 1. The third-order valence-electron chi connectivity index (χ3n) is 5.16. The van der Waals surface area contributed by atoms with Crippen LogP contribution in [0.4, 0.5) is 5.69 Å². The Balaban J connectivity index is 1.82. The van der Waals surface area contributed by atoms with Crippen LogP contribution in [0, 0.1) is 5.92 Å². The lowest BCUT2D eigenvalue weighted by atomic mass is 10.1. The molecule has 0 unspecified atom stereocenters. The molecule has 0 radical (unpaired) electrons. The van der Waals surface area contributed by atoms with Crippen molar-refractivity contribution in [3.63, 3.8) is 0 Å². The quantitative estimate of drug-likeness (QED) is 0.434. The molecule has 1 heterocycles. The van der Waals surface area contributed by atoms with Crippen LogP contribution in [-0.4, -0.2) is 41.2 Å². The van der Waals surface area contributed by atoms with Crippen molar-refractivity contribution in [1.82, 2.24) is 9.88 Å². The Kier molecular flexibility index (Phi) is 7.73. The van der Waals surface area contributed by atoms with Crippen molar-refractivity contribution >= 4 is 46.0 Å². The highest BCUT2D eigenvalue weighted by atomic mass is 35.5. The van der Waals surface area contributed by atoms with Crippen molar-refractivity contribution < 1.29 is 24.2 Å². The largest absolute Gasteiger partial charge is 0.477 e. The van der Waals surface area contributed by atoms with Crippen LogP contribution in [0.2, 0.25) is 5.02 Å². The van der Waals surface area contributed by atoms with Crippen LogP contribution in [-0.2, 0) is 22.6 Å². The molecule has 2 aromatic carbocycles. The molecule has 9 heteroatoms. The molecule has 0 saturated heterocycles. The van der Waals surface area contributed by atoms with Gasteiger partial charge in [0, 0.05) is 42.7 Å². The fraction of sp³-hybridized carbons (Fsp3) is 0.292. The number of anilines is 1. The van der Waals surface area contributed by atoms with E-state index in [-0.39, 0.29) is 34.6 Å². The highest BCUT2D eigenvalue weighted by Gasteiger charge is 2.17. The zero-order valence-corrected chi connectivity index (χ0v) is 19.4. The number of rotatable bonds is 9. The number of benzene rings is 2. The van der Waals surface area contributed by atoms with Gasteiger partial charge in [-0.3, -0.25) is 9.59 Å². The Morgan fingerprint density at radius 3 is 2.55 bits per heavy atom. The van der Waals surface area contributed by atoms with E-state index in [1.54, 1.807) is 68.0 Å². The molecule has 0 atom stereocenters. The number of nitrogens with zero attached hydrogens (tertiary/aromatic N) is 1. The number of carbonyl (C=O) groups is 3. The number of carbonyl (C=O) groups excluding carboxylic acids is 2. The Morgan fingerprint density at radius 2 is 1.88 bits per heavy atom. The smallest absolute Gasteiger partial charge is 0.352 e. The molecular formula is C24H26ClN3O5. The predicted octanol–water partition coefficient (Wildman–Crippen LogP) is 4.16. The zero-order valence-electron chi connectivity index (χ0n) is 18.6. The van der Waals surface area contributed by atoms with Crippen LogP contribution in [0.1, 0.15) is 40.3 Å². The average Bonchev–Trinajstić information content (AvgIpc) is 3.14. The van der Waals surface area contributed by atoms with E-state index in [0.29, 0.717) is 24.2 Å². The number of methoxy groups -OCH3 is 1. The van der Waals surface area contributed by atoms with E-state index in [0.717, 1.165) is 11.1 Å². The summed E-state index contributed by atoms with van der Waals surface area (Å²) < 4.78 is 6.75. The fourth-order valence-electron chi connectivity index (χ4n) is 3.40. The minimum absolute atomic E-state index is 0.0811. The maximum atomic E-state index is 12.9. The third kappa shape index (κ3) is 5.71. The SMILES string of the molecule is COCCn1c(C(=O)O)cc2cc(NC(=O)c3cc(CNC(=O)C(C)C)ccc3Cl)ccc21. The molecule has 2 amide bonds. The molecular weight excluding hydrogens is 446 g/mol. The van der Waals surface area contributed by atoms with Crippen molar-refractivity contribution in [2.24, 2.45) is 5.92 Å². The summed E-state index contributed by atoms with van der Waals surface area (Å²) in [6, 6.07) is 11.7. The van der Waals surface area contributed by atoms with Crippen LogP contribution in [0.5, 0.6) is 0 Å². The van der Waals surface area contributed by atoms with Crippen molar-refractivity contribution in [3.8, 4) is 0 Å². The number of halogens is 1. The number of fused-ring (bicyclic) bond motifs is 1. The molecule has 33 heavy (non-hydrogen) atoms. The van der Waals surface area contributed by atoms with Crippen molar-refractivity contribution in [2.45, 2.75) is 26.9 Å². The van der Waals surface area contributed by atoms with Gasteiger partial charge in [-0.25, -0.2) is 4.79 Å². The van der Waals surface area contributed by atoms with Crippen LogP contribution in [0.25, 0.3) is 10.9 Å². The lowest BCUT2D eigenvalue weighted by Gasteiger charge is -2.11. The van der Waals surface area contributed by atoms with Crippen LogP contribution >= 0.6 is 11.6 Å². The van der Waals surface area contributed by atoms with Gasteiger partial charge in [0.15, 0.2) is 0 Å². The van der Waals surface area contributed by atoms with E-state index >= 15 is 0 Å². The number of aromatic nitrogens is 1. The van der Waals surface area contributed by atoms with E-state index in [1.807, 2.05) is 0 Å². The first kappa shape index (κ1) is 24.3. The van der Waals surface area contributed by atoms with Gasteiger partial charge in [-0.1, -0.05) is 31.5 Å². The summed E-state index contributed by atoms with van der Waals surface area (Å²) >= 11 is 6.24. The maximum absolute atomic E-state index is 12.9. The zero-order chi connectivity index (χ0) is 24.1. The van der Waals surface area contributed by atoms with Gasteiger partial charge >= 0.3 is 5.97 Å². The molecule has 174 valence electrons. The lowest BCUT2D eigenvalue weighted by Crippen LogP contribution is -2.27.